The summed E-state index contributed by atoms with van der Waals surface area (Å²) >= 11 is 0. The lowest BCUT2D eigenvalue weighted by Crippen LogP contribution is -2.35. The summed E-state index contributed by atoms with van der Waals surface area (Å²) in [6, 6.07) is 13.5. The van der Waals surface area contributed by atoms with E-state index in [1.54, 1.807) is 24.3 Å². The van der Waals surface area contributed by atoms with E-state index >= 15 is 0 Å². The monoisotopic (exact) mass is 452 g/mol. The molecule has 2 aromatic rings. The zero-order valence-corrected chi connectivity index (χ0v) is 19.7. The number of rotatable bonds is 10. The van der Waals surface area contributed by atoms with Gasteiger partial charge in [0.05, 0.1) is 24.8 Å². The van der Waals surface area contributed by atoms with Crippen molar-refractivity contribution in [1.82, 2.24) is 9.80 Å². The Hall–Kier alpha value is -3.32. The fourth-order valence-corrected chi connectivity index (χ4v) is 3.76. The number of ether oxygens (including phenoxy) is 2. The van der Waals surface area contributed by atoms with Gasteiger partial charge in [0, 0.05) is 18.7 Å². The summed E-state index contributed by atoms with van der Waals surface area (Å²) in [6.07, 6.45) is 0.897. The lowest BCUT2D eigenvalue weighted by Gasteiger charge is -2.26. The zero-order chi connectivity index (χ0) is 24.0. The minimum Gasteiger partial charge on any atom is -0.507 e. The van der Waals surface area contributed by atoms with E-state index in [1.807, 2.05) is 57.1 Å². The number of ketones is 1. The average molecular weight is 453 g/mol. The molecule has 0 bridgehead atoms. The molecule has 1 amide bonds. The number of likely N-dealkylation sites (tertiary alicyclic amines) is 1. The number of Topliss-reactive ketones (excluding diaryl/α,β-unsaturated/α-hetero) is 1. The topological polar surface area (TPSA) is 79.3 Å². The van der Waals surface area contributed by atoms with Crippen molar-refractivity contribution in [1.29, 1.82) is 0 Å². The molecule has 2 aromatic carbocycles. The average Bonchev–Trinajstić information content (AvgIpc) is 3.06. The Morgan fingerprint density at radius 2 is 1.58 bits per heavy atom. The summed E-state index contributed by atoms with van der Waals surface area (Å²) in [4.78, 5) is 29.5. The van der Waals surface area contributed by atoms with Crippen LogP contribution in [0.3, 0.4) is 0 Å². The molecule has 0 aromatic heterocycles. The second-order valence-electron chi connectivity index (χ2n) is 8.17. The van der Waals surface area contributed by atoms with Gasteiger partial charge in [-0.15, -0.1) is 0 Å². The molecular weight excluding hydrogens is 420 g/mol. The molecule has 0 spiro atoms. The first-order valence-electron chi connectivity index (χ1n) is 11.3. The van der Waals surface area contributed by atoms with Crippen LogP contribution in [0.5, 0.6) is 11.5 Å². The first-order valence-corrected chi connectivity index (χ1v) is 11.3. The standard InChI is InChI=1S/C26H32N2O5/c1-5-17-33-21-11-7-18(8-12-21)23-22(25(30)26(31)28(23)16-15-27(3)4)24(29)19-9-13-20(14-10-19)32-6-2/h7-14,23,29H,5-6,15-17H2,1-4H3. The number of likely N-dealkylation sites (N-methyl/N-ethyl adjacent to an activating group) is 1. The molecule has 1 unspecified atom stereocenters. The van der Waals surface area contributed by atoms with Crippen LogP contribution >= 0.6 is 0 Å². The predicted molar refractivity (Wildman–Crippen MR) is 127 cm³/mol. The Balaban J connectivity index is 2.04. The van der Waals surface area contributed by atoms with Crippen LogP contribution in [-0.2, 0) is 9.59 Å². The maximum atomic E-state index is 13.1. The van der Waals surface area contributed by atoms with Crippen molar-refractivity contribution in [3.8, 4) is 11.5 Å². The van der Waals surface area contributed by atoms with E-state index in [1.165, 1.54) is 4.90 Å². The van der Waals surface area contributed by atoms with Crippen molar-refractivity contribution in [2.24, 2.45) is 0 Å². The Labute approximate surface area is 195 Å². The van der Waals surface area contributed by atoms with E-state index in [-0.39, 0.29) is 11.3 Å². The van der Waals surface area contributed by atoms with Gasteiger partial charge in [-0.2, -0.15) is 0 Å². The van der Waals surface area contributed by atoms with Gasteiger partial charge in [-0.3, -0.25) is 9.59 Å². The minimum atomic E-state index is -0.684. The van der Waals surface area contributed by atoms with E-state index in [9.17, 15) is 14.7 Å². The van der Waals surface area contributed by atoms with Crippen LogP contribution in [0.4, 0.5) is 0 Å². The van der Waals surface area contributed by atoms with Gasteiger partial charge in [-0.1, -0.05) is 19.1 Å². The molecule has 0 radical (unpaired) electrons. The molecule has 176 valence electrons. The first-order chi connectivity index (χ1) is 15.9. The van der Waals surface area contributed by atoms with E-state index in [0.29, 0.717) is 37.6 Å². The van der Waals surface area contributed by atoms with E-state index in [0.717, 1.165) is 17.7 Å². The van der Waals surface area contributed by atoms with Gasteiger partial charge in [0.2, 0.25) is 0 Å². The molecular formula is C26H32N2O5. The number of carbonyl (C=O) groups is 2. The molecule has 0 aliphatic carbocycles. The lowest BCUT2D eigenvalue weighted by atomic mass is 9.95. The summed E-state index contributed by atoms with van der Waals surface area (Å²) in [5.74, 6) is -0.103. The van der Waals surface area contributed by atoms with Crippen molar-refractivity contribution in [2.75, 3.05) is 40.4 Å². The molecule has 0 saturated carbocycles. The molecule has 1 aliphatic heterocycles. The molecule has 3 rings (SSSR count). The van der Waals surface area contributed by atoms with Crippen LogP contribution in [0.2, 0.25) is 0 Å². The van der Waals surface area contributed by atoms with Crippen LogP contribution in [0.15, 0.2) is 54.1 Å². The van der Waals surface area contributed by atoms with Gasteiger partial charge in [0.15, 0.2) is 0 Å². The largest absolute Gasteiger partial charge is 0.507 e. The van der Waals surface area contributed by atoms with Crippen LogP contribution < -0.4 is 9.47 Å². The third-order valence-corrected chi connectivity index (χ3v) is 5.44. The predicted octanol–water partition coefficient (Wildman–Crippen LogP) is 3.86. The molecule has 33 heavy (non-hydrogen) atoms. The van der Waals surface area contributed by atoms with Crippen molar-refractivity contribution < 1.29 is 24.2 Å². The second kappa shape index (κ2) is 11.0. The van der Waals surface area contributed by atoms with Gasteiger partial charge >= 0.3 is 0 Å². The summed E-state index contributed by atoms with van der Waals surface area (Å²) in [7, 11) is 3.82. The number of aliphatic hydroxyl groups is 1. The van der Waals surface area contributed by atoms with Gasteiger partial charge in [0.1, 0.15) is 17.3 Å². The van der Waals surface area contributed by atoms with Crippen molar-refractivity contribution >= 4 is 17.4 Å². The Bertz CT molecular complexity index is 996. The molecule has 1 saturated heterocycles. The highest BCUT2D eigenvalue weighted by Gasteiger charge is 2.45. The summed E-state index contributed by atoms with van der Waals surface area (Å²) in [5, 5.41) is 11.1. The third kappa shape index (κ3) is 5.54. The molecule has 1 heterocycles. The first kappa shape index (κ1) is 24.3. The van der Waals surface area contributed by atoms with Crippen molar-refractivity contribution in [2.45, 2.75) is 26.3 Å². The number of aliphatic hydroxyl groups excluding tert-OH is 1. The summed E-state index contributed by atoms with van der Waals surface area (Å²) < 4.78 is 11.1. The van der Waals surface area contributed by atoms with Gasteiger partial charge < -0.3 is 24.4 Å². The minimum absolute atomic E-state index is 0.0881. The van der Waals surface area contributed by atoms with Crippen molar-refractivity contribution in [3.63, 3.8) is 0 Å². The molecule has 7 nitrogen and oxygen atoms in total. The lowest BCUT2D eigenvalue weighted by molar-refractivity contribution is -0.140. The molecule has 1 atom stereocenters. The molecule has 7 heteroatoms. The quantitative estimate of drug-likeness (QED) is 0.335. The molecule has 1 fully saturated rings. The highest BCUT2D eigenvalue weighted by molar-refractivity contribution is 6.46. The summed E-state index contributed by atoms with van der Waals surface area (Å²) in [5.41, 5.74) is 1.28. The van der Waals surface area contributed by atoms with Gasteiger partial charge in [0.25, 0.3) is 11.7 Å². The van der Waals surface area contributed by atoms with Gasteiger partial charge in [-0.25, -0.2) is 0 Å². The number of hydrogen-bond acceptors (Lipinski definition) is 6. The van der Waals surface area contributed by atoms with E-state index in [2.05, 4.69) is 0 Å². The molecule has 1 N–H and O–H groups in total. The maximum absolute atomic E-state index is 13.1. The van der Waals surface area contributed by atoms with Crippen LogP contribution in [0, 0.1) is 0 Å². The highest BCUT2D eigenvalue weighted by Crippen LogP contribution is 2.39. The zero-order valence-electron chi connectivity index (χ0n) is 19.7. The Morgan fingerprint density at radius 1 is 0.970 bits per heavy atom. The Morgan fingerprint density at radius 3 is 2.15 bits per heavy atom. The summed E-state index contributed by atoms with van der Waals surface area (Å²) in [6.45, 7) is 6.01. The second-order valence-corrected chi connectivity index (χ2v) is 8.17. The fraction of sp³-hybridized carbons (Fsp3) is 0.385. The van der Waals surface area contributed by atoms with E-state index in [4.69, 9.17) is 9.47 Å². The number of amides is 1. The number of benzene rings is 2. The highest BCUT2D eigenvalue weighted by atomic mass is 16.5. The SMILES string of the molecule is CCCOc1ccc(C2C(=C(O)c3ccc(OCC)cc3)C(=O)C(=O)N2CCN(C)C)cc1. The van der Waals surface area contributed by atoms with Crippen molar-refractivity contribution in [3.05, 3.63) is 65.2 Å². The number of nitrogens with zero attached hydrogens (tertiary/aromatic N) is 2. The maximum Gasteiger partial charge on any atom is 0.295 e. The van der Waals surface area contributed by atoms with E-state index < -0.39 is 17.7 Å². The van der Waals surface area contributed by atoms with Crippen LogP contribution in [-0.4, -0.2) is 67.0 Å². The smallest absolute Gasteiger partial charge is 0.295 e. The van der Waals surface area contributed by atoms with Crippen LogP contribution in [0.1, 0.15) is 37.4 Å². The fourth-order valence-electron chi connectivity index (χ4n) is 3.76. The van der Waals surface area contributed by atoms with Crippen LogP contribution in [0.25, 0.3) is 5.76 Å². The molecule has 1 aliphatic rings. The third-order valence-electron chi connectivity index (χ3n) is 5.44. The Kier molecular flexibility index (Phi) is 8.11. The number of carbonyl (C=O) groups excluding carboxylic acids is 2. The normalized spacial score (nSPS) is 17.6. The van der Waals surface area contributed by atoms with Gasteiger partial charge in [-0.05, 0) is 69.4 Å². The number of hydrogen-bond donors (Lipinski definition) is 1.